The van der Waals surface area contributed by atoms with Crippen molar-refractivity contribution in [1.82, 2.24) is 15.5 Å². The highest BCUT2D eigenvalue weighted by Crippen LogP contribution is 1.98. The molecule has 0 atom stereocenters. The van der Waals surface area contributed by atoms with Gasteiger partial charge in [0, 0.05) is 40.2 Å². The normalized spacial score (nSPS) is 10.9. The molecule has 0 aromatic carbocycles. The van der Waals surface area contributed by atoms with Crippen molar-refractivity contribution in [2.45, 2.75) is 33.6 Å². The standard InChI is InChI=1S/C13H28N4O.HI/c1-6-14-13(15-9-7-11(2)3)16-10-8-12(18)17(4)5;/h11H,6-10H2,1-5H3,(H2,14,15,16);1H. The van der Waals surface area contributed by atoms with Gasteiger partial charge in [0.1, 0.15) is 0 Å². The summed E-state index contributed by atoms with van der Waals surface area (Å²) < 4.78 is 0. The highest BCUT2D eigenvalue weighted by atomic mass is 127. The number of carbonyl (C=O) groups is 1. The van der Waals surface area contributed by atoms with Crippen LogP contribution < -0.4 is 10.6 Å². The lowest BCUT2D eigenvalue weighted by molar-refractivity contribution is -0.128. The molecule has 0 saturated heterocycles. The first-order valence-electron chi connectivity index (χ1n) is 6.69. The molecule has 2 N–H and O–H groups in total. The van der Waals surface area contributed by atoms with Gasteiger partial charge in [0.05, 0.1) is 0 Å². The zero-order valence-electron chi connectivity index (χ0n) is 12.8. The van der Waals surface area contributed by atoms with Gasteiger partial charge < -0.3 is 15.5 Å². The minimum Gasteiger partial charge on any atom is -0.357 e. The Hall–Kier alpha value is -0.530. The number of aliphatic imine (C=N–C) groups is 1. The highest BCUT2D eigenvalue weighted by molar-refractivity contribution is 14.0. The van der Waals surface area contributed by atoms with Gasteiger partial charge in [-0.1, -0.05) is 13.8 Å². The maximum Gasteiger partial charge on any atom is 0.223 e. The molecule has 0 aliphatic rings. The van der Waals surface area contributed by atoms with Crippen LogP contribution in [0.3, 0.4) is 0 Å². The van der Waals surface area contributed by atoms with E-state index in [-0.39, 0.29) is 29.9 Å². The summed E-state index contributed by atoms with van der Waals surface area (Å²) in [6, 6.07) is 0. The Morgan fingerprint density at radius 3 is 2.37 bits per heavy atom. The quantitative estimate of drug-likeness (QED) is 0.399. The van der Waals surface area contributed by atoms with E-state index in [4.69, 9.17) is 0 Å². The van der Waals surface area contributed by atoms with Crippen molar-refractivity contribution in [3.8, 4) is 0 Å². The molecule has 0 aliphatic carbocycles. The number of nitrogens with zero attached hydrogens (tertiary/aromatic N) is 2. The van der Waals surface area contributed by atoms with Gasteiger partial charge in [0.2, 0.25) is 5.91 Å². The first kappa shape index (κ1) is 20.8. The Kier molecular flexibility index (Phi) is 13.7. The summed E-state index contributed by atoms with van der Waals surface area (Å²) in [4.78, 5) is 17.5. The fraction of sp³-hybridized carbons (Fsp3) is 0.846. The molecule has 0 unspecified atom stereocenters. The van der Waals surface area contributed by atoms with Crippen LogP contribution in [0.5, 0.6) is 0 Å². The Balaban J connectivity index is 0. The number of halogens is 1. The third kappa shape index (κ3) is 12.3. The fourth-order valence-corrected chi connectivity index (χ4v) is 1.29. The summed E-state index contributed by atoms with van der Waals surface area (Å²) in [6.45, 7) is 8.66. The summed E-state index contributed by atoms with van der Waals surface area (Å²) in [6.07, 6.45) is 1.56. The van der Waals surface area contributed by atoms with Crippen LogP contribution in [0.1, 0.15) is 33.6 Å². The minimum absolute atomic E-state index is 0. The molecule has 0 aromatic heterocycles. The molecule has 0 radical (unpaired) electrons. The maximum atomic E-state index is 11.4. The van der Waals surface area contributed by atoms with Crippen LogP contribution in [0.15, 0.2) is 4.99 Å². The minimum atomic E-state index is 0. The predicted octanol–water partition coefficient (Wildman–Crippen LogP) is 1.68. The van der Waals surface area contributed by atoms with E-state index in [9.17, 15) is 4.79 Å². The smallest absolute Gasteiger partial charge is 0.223 e. The van der Waals surface area contributed by atoms with Gasteiger partial charge in [0.25, 0.3) is 0 Å². The second kappa shape index (κ2) is 12.5. The number of hydrogen-bond donors (Lipinski definition) is 2. The number of hydrogen-bond acceptors (Lipinski definition) is 2. The third-order valence-electron chi connectivity index (χ3n) is 2.45. The van der Waals surface area contributed by atoms with Crippen molar-refractivity contribution in [2.75, 3.05) is 33.7 Å². The van der Waals surface area contributed by atoms with Gasteiger partial charge in [-0.15, -0.1) is 24.0 Å². The molecule has 0 fully saturated rings. The summed E-state index contributed by atoms with van der Waals surface area (Å²) in [5.74, 6) is 1.58. The molecule has 0 aliphatic heterocycles. The SMILES string of the molecule is CCNC(=NCCC(C)C)NCCC(=O)N(C)C.I. The van der Waals surface area contributed by atoms with Gasteiger partial charge in [-0.2, -0.15) is 0 Å². The van der Waals surface area contributed by atoms with Crippen molar-refractivity contribution in [3.05, 3.63) is 0 Å². The lowest BCUT2D eigenvalue weighted by atomic mass is 10.1. The number of carbonyl (C=O) groups excluding carboxylic acids is 1. The zero-order chi connectivity index (χ0) is 14.0. The molecule has 0 heterocycles. The topological polar surface area (TPSA) is 56.7 Å². The Morgan fingerprint density at radius 1 is 1.26 bits per heavy atom. The van der Waals surface area contributed by atoms with Crippen molar-refractivity contribution in [3.63, 3.8) is 0 Å². The monoisotopic (exact) mass is 384 g/mol. The lowest BCUT2D eigenvalue weighted by Gasteiger charge is -2.13. The van der Waals surface area contributed by atoms with E-state index in [0.29, 0.717) is 18.9 Å². The van der Waals surface area contributed by atoms with Gasteiger partial charge in [-0.3, -0.25) is 9.79 Å². The van der Waals surface area contributed by atoms with Crippen LogP contribution in [-0.4, -0.2) is 50.5 Å². The summed E-state index contributed by atoms with van der Waals surface area (Å²) in [5.41, 5.74) is 0. The number of nitrogens with one attached hydrogen (secondary N) is 2. The lowest BCUT2D eigenvalue weighted by Crippen LogP contribution is -2.39. The average molecular weight is 384 g/mol. The van der Waals surface area contributed by atoms with Crippen LogP contribution in [0.2, 0.25) is 0 Å². The predicted molar refractivity (Wildman–Crippen MR) is 92.2 cm³/mol. The van der Waals surface area contributed by atoms with E-state index in [1.54, 1.807) is 19.0 Å². The molecule has 0 aromatic rings. The van der Waals surface area contributed by atoms with E-state index >= 15 is 0 Å². The zero-order valence-corrected chi connectivity index (χ0v) is 15.2. The van der Waals surface area contributed by atoms with E-state index in [1.165, 1.54) is 0 Å². The van der Waals surface area contributed by atoms with Crippen molar-refractivity contribution < 1.29 is 4.79 Å². The number of guanidine groups is 1. The van der Waals surface area contributed by atoms with Crippen LogP contribution >= 0.6 is 24.0 Å². The fourth-order valence-electron chi connectivity index (χ4n) is 1.29. The molecule has 5 nitrogen and oxygen atoms in total. The molecular weight excluding hydrogens is 355 g/mol. The van der Waals surface area contributed by atoms with Crippen molar-refractivity contribution in [1.29, 1.82) is 0 Å². The molecule has 0 saturated carbocycles. The Labute approximate surface area is 134 Å². The summed E-state index contributed by atoms with van der Waals surface area (Å²) in [5, 5.41) is 6.34. The first-order chi connectivity index (χ1) is 8.47. The second-order valence-corrected chi connectivity index (χ2v) is 4.91. The third-order valence-corrected chi connectivity index (χ3v) is 2.45. The second-order valence-electron chi connectivity index (χ2n) is 4.91. The number of amides is 1. The van der Waals surface area contributed by atoms with E-state index in [1.807, 2.05) is 6.92 Å². The van der Waals surface area contributed by atoms with Gasteiger partial charge in [-0.05, 0) is 19.3 Å². The first-order valence-corrected chi connectivity index (χ1v) is 6.69. The molecule has 0 spiro atoms. The van der Waals surface area contributed by atoms with Gasteiger partial charge in [0.15, 0.2) is 5.96 Å². The molecular formula is C13H29IN4O. The maximum absolute atomic E-state index is 11.4. The van der Waals surface area contributed by atoms with Gasteiger partial charge >= 0.3 is 0 Å². The largest absolute Gasteiger partial charge is 0.357 e. The molecule has 19 heavy (non-hydrogen) atoms. The van der Waals surface area contributed by atoms with E-state index in [0.717, 1.165) is 25.5 Å². The summed E-state index contributed by atoms with van der Waals surface area (Å²) in [7, 11) is 3.54. The van der Waals surface area contributed by atoms with Crippen LogP contribution in [-0.2, 0) is 4.79 Å². The average Bonchev–Trinajstić information content (AvgIpc) is 2.28. The Bertz CT molecular complexity index is 267. The molecule has 1 amide bonds. The molecule has 0 bridgehead atoms. The van der Waals surface area contributed by atoms with E-state index in [2.05, 4.69) is 29.5 Å². The Morgan fingerprint density at radius 2 is 1.89 bits per heavy atom. The van der Waals surface area contributed by atoms with E-state index < -0.39 is 0 Å². The van der Waals surface area contributed by atoms with Crippen molar-refractivity contribution >= 4 is 35.8 Å². The summed E-state index contributed by atoms with van der Waals surface area (Å²) >= 11 is 0. The molecule has 114 valence electrons. The molecule has 0 rings (SSSR count). The molecule has 6 heteroatoms. The van der Waals surface area contributed by atoms with Crippen LogP contribution in [0, 0.1) is 5.92 Å². The van der Waals surface area contributed by atoms with Crippen LogP contribution in [0.4, 0.5) is 0 Å². The highest BCUT2D eigenvalue weighted by Gasteiger charge is 2.04. The van der Waals surface area contributed by atoms with Crippen molar-refractivity contribution in [2.24, 2.45) is 10.9 Å². The van der Waals surface area contributed by atoms with Gasteiger partial charge in [-0.25, -0.2) is 0 Å². The number of rotatable bonds is 7. The van der Waals surface area contributed by atoms with Crippen LogP contribution in [0.25, 0.3) is 0 Å².